The number of ether oxygens (including phenoxy) is 3. The molecule has 0 aliphatic carbocycles. The van der Waals surface area contributed by atoms with Gasteiger partial charge in [-0.3, -0.25) is 4.79 Å². The molecule has 0 atom stereocenters. The highest BCUT2D eigenvalue weighted by atomic mass is 16.5. The van der Waals surface area contributed by atoms with E-state index in [-0.39, 0.29) is 0 Å². The van der Waals surface area contributed by atoms with Gasteiger partial charge in [-0.2, -0.15) is 0 Å². The zero-order chi connectivity index (χ0) is 27.2. The summed E-state index contributed by atoms with van der Waals surface area (Å²) in [6.07, 6.45) is 7.61. The van der Waals surface area contributed by atoms with Gasteiger partial charge in [0.15, 0.2) is 6.29 Å². The van der Waals surface area contributed by atoms with Crippen molar-refractivity contribution in [1.29, 1.82) is 0 Å². The minimum atomic E-state index is -0.512. The lowest BCUT2D eigenvalue weighted by Crippen LogP contribution is -2.09. The van der Waals surface area contributed by atoms with Gasteiger partial charge in [-0.25, -0.2) is 9.59 Å². The van der Waals surface area contributed by atoms with E-state index < -0.39 is 11.9 Å². The maximum Gasteiger partial charge on any atom is 0.343 e. The number of carbonyl (C=O) groups excluding carboxylic acids is 3. The molecule has 0 saturated carbocycles. The van der Waals surface area contributed by atoms with Gasteiger partial charge in [-0.1, -0.05) is 44.2 Å². The molecule has 0 saturated heterocycles. The summed E-state index contributed by atoms with van der Waals surface area (Å²) in [7, 11) is 0. The summed E-state index contributed by atoms with van der Waals surface area (Å²) in [5.41, 5.74) is 3.83. The monoisotopic (exact) mass is 514 g/mol. The van der Waals surface area contributed by atoms with E-state index in [9.17, 15) is 14.4 Å². The van der Waals surface area contributed by atoms with Crippen molar-refractivity contribution in [2.45, 2.75) is 45.4 Å². The van der Waals surface area contributed by atoms with Crippen LogP contribution in [-0.2, 0) is 16.0 Å². The van der Waals surface area contributed by atoms with Crippen molar-refractivity contribution >= 4 is 18.2 Å². The molecule has 3 aromatic rings. The Morgan fingerprint density at radius 1 is 0.842 bits per heavy atom. The van der Waals surface area contributed by atoms with Crippen molar-refractivity contribution in [3.63, 3.8) is 0 Å². The lowest BCUT2D eigenvalue weighted by atomic mass is 9.98. The first-order chi connectivity index (χ1) is 18.5. The molecule has 0 amide bonds. The Bertz CT molecular complexity index is 1210. The molecule has 0 bridgehead atoms. The van der Waals surface area contributed by atoms with Crippen molar-refractivity contribution in [1.82, 2.24) is 0 Å². The van der Waals surface area contributed by atoms with E-state index in [1.807, 2.05) is 12.1 Å². The molecular weight excluding hydrogens is 480 g/mol. The van der Waals surface area contributed by atoms with E-state index in [0.29, 0.717) is 35.8 Å². The van der Waals surface area contributed by atoms with Gasteiger partial charge < -0.3 is 14.2 Å². The van der Waals surface area contributed by atoms with Gasteiger partial charge in [0.25, 0.3) is 0 Å². The molecule has 0 spiro atoms. The summed E-state index contributed by atoms with van der Waals surface area (Å²) in [6, 6.07) is 20.0. The molecule has 0 heterocycles. The maximum absolute atomic E-state index is 12.6. The average Bonchev–Trinajstić information content (AvgIpc) is 2.95. The van der Waals surface area contributed by atoms with E-state index in [1.165, 1.54) is 5.56 Å². The van der Waals surface area contributed by atoms with Crippen molar-refractivity contribution in [2.75, 3.05) is 13.2 Å². The van der Waals surface area contributed by atoms with Gasteiger partial charge in [-0.15, -0.1) is 0 Å². The Kier molecular flexibility index (Phi) is 11.3. The van der Waals surface area contributed by atoms with Crippen molar-refractivity contribution in [2.24, 2.45) is 0 Å². The molecular formula is C32H34O6. The first-order valence-corrected chi connectivity index (χ1v) is 13.0. The van der Waals surface area contributed by atoms with E-state index in [2.05, 4.69) is 25.6 Å². The van der Waals surface area contributed by atoms with Gasteiger partial charge in [-0.05, 0) is 91.3 Å². The third kappa shape index (κ3) is 8.73. The van der Waals surface area contributed by atoms with Crippen LogP contribution in [0.4, 0.5) is 0 Å². The fraction of sp³-hybridized carbons (Fsp3) is 0.281. The Morgan fingerprint density at radius 2 is 1.53 bits per heavy atom. The number of esters is 2. The maximum atomic E-state index is 12.6. The zero-order valence-electron chi connectivity index (χ0n) is 21.8. The molecule has 0 aliphatic heterocycles. The Balaban J connectivity index is 1.47. The molecule has 0 radical (unpaired) electrons. The minimum Gasteiger partial charge on any atom is -0.494 e. The summed E-state index contributed by atoms with van der Waals surface area (Å²) >= 11 is 0. The molecule has 6 heteroatoms. The normalized spacial score (nSPS) is 10.4. The first-order valence-electron chi connectivity index (χ1n) is 13.0. The number of aldehydes is 1. The summed E-state index contributed by atoms with van der Waals surface area (Å²) in [4.78, 5) is 35.4. The Hall–Kier alpha value is -4.19. The van der Waals surface area contributed by atoms with Crippen LogP contribution in [-0.4, -0.2) is 31.4 Å². The number of hydrogen-bond donors (Lipinski definition) is 0. The molecule has 38 heavy (non-hydrogen) atoms. The van der Waals surface area contributed by atoms with Gasteiger partial charge in [0.05, 0.1) is 18.8 Å². The molecule has 198 valence electrons. The predicted molar refractivity (Wildman–Crippen MR) is 148 cm³/mol. The summed E-state index contributed by atoms with van der Waals surface area (Å²) < 4.78 is 16.2. The Morgan fingerprint density at radius 3 is 2.18 bits per heavy atom. The van der Waals surface area contributed by atoms with Crippen LogP contribution in [0.1, 0.15) is 65.3 Å². The van der Waals surface area contributed by atoms with Gasteiger partial charge in [0, 0.05) is 11.6 Å². The number of benzene rings is 3. The SMILES string of the molecule is C=CC(=O)OCCCCCCOc1ccc(C(=O)Oc2ccc(-c3ccc(CCC)cc3)c(C=O)c2)cc1. The standard InChI is InChI=1S/C32H34O6/c1-3-9-24-10-12-25(13-11-24)30-19-18-29(22-27(30)23-33)38-32(35)26-14-16-28(17-15-26)36-20-7-5-6-8-21-37-31(34)4-2/h4,10-19,22-23H,2-3,5-9,20-21H2,1H3. The molecule has 0 aromatic heterocycles. The molecule has 0 N–H and O–H groups in total. The molecule has 0 aliphatic rings. The van der Waals surface area contributed by atoms with Crippen LogP contribution in [0.15, 0.2) is 79.4 Å². The van der Waals surface area contributed by atoms with E-state index in [1.54, 1.807) is 42.5 Å². The van der Waals surface area contributed by atoms with Gasteiger partial charge >= 0.3 is 11.9 Å². The second-order valence-electron chi connectivity index (χ2n) is 8.86. The smallest absolute Gasteiger partial charge is 0.343 e. The summed E-state index contributed by atoms with van der Waals surface area (Å²) in [5.74, 6) is 0.0670. The largest absolute Gasteiger partial charge is 0.494 e. The molecule has 6 nitrogen and oxygen atoms in total. The third-order valence-corrected chi connectivity index (χ3v) is 5.97. The number of hydrogen-bond acceptors (Lipinski definition) is 6. The highest BCUT2D eigenvalue weighted by Gasteiger charge is 2.12. The van der Waals surface area contributed by atoms with Crippen LogP contribution in [0.5, 0.6) is 11.5 Å². The molecule has 3 aromatic carbocycles. The van der Waals surface area contributed by atoms with E-state index >= 15 is 0 Å². The lowest BCUT2D eigenvalue weighted by molar-refractivity contribution is -0.137. The summed E-state index contributed by atoms with van der Waals surface area (Å²) in [5, 5.41) is 0. The zero-order valence-corrected chi connectivity index (χ0v) is 21.8. The second-order valence-corrected chi connectivity index (χ2v) is 8.86. The molecule has 0 unspecified atom stereocenters. The Labute approximate surface area is 224 Å². The number of carbonyl (C=O) groups is 3. The van der Waals surface area contributed by atoms with Crippen molar-refractivity contribution in [3.8, 4) is 22.6 Å². The highest BCUT2D eigenvalue weighted by Crippen LogP contribution is 2.27. The van der Waals surface area contributed by atoms with E-state index in [4.69, 9.17) is 14.2 Å². The number of unbranched alkanes of at least 4 members (excludes halogenated alkanes) is 3. The highest BCUT2D eigenvalue weighted by molar-refractivity contribution is 5.92. The van der Waals surface area contributed by atoms with Crippen LogP contribution in [0.25, 0.3) is 11.1 Å². The predicted octanol–water partition coefficient (Wildman–Crippen LogP) is 7.01. The van der Waals surface area contributed by atoms with E-state index in [0.717, 1.165) is 62.0 Å². The van der Waals surface area contributed by atoms with Crippen LogP contribution < -0.4 is 9.47 Å². The molecule has 3 rings (SSSR count). The van der Waals surface area contributed by atoms with Gasteiger partial charge in [0.1, 0.15) is 11.5 Å². The van der Waals surface area contributed by atoms with Crippen LogP contribution in [0.3, 0.4) is 0 Å². The van der Waals surface area contributed by atoms with Crippen LogP contribution in [0.2, 0.25) is 0 Å². The lowest BCUT2D eigenvalue weighted by Gasteiger charge is -2.10. The number of rotatable bonds is 15. The van der Waals surface area contributed by atoms with Crippen molar-refractivity contribution in [3.05, 3.63) is 96.1 Å². The van der Waals surface area contributed by atoms with Crippen LogP contribution >= 0.6 is 0 Å². The summed E-state index contributed by atoms with van der Waals surface area (Å²) in [6.45, 7) is 6.45. The van der Waals surface area contributed by atoms with Gasteiger partial charge in [0.2, 0.25) is 0 Å². The van der Waals surface area contributed by atoms with Crippen LogP contribution in [0, 0.1) is 0 Å². The average molecular weight is 515 g/mol. The fourth-order valence-corrected chi connectivity index (χ4v) is 3.94. The minimum absolute atomic E-state index is 0.308. The first kappa shape index (κ1) is 28.4. The topological polar surface area (TPSA) is 78.9 Å². The second kappa shape index (κ2) is 15.2. The number of aryl methyl sites for hydroxylation is 1. The third-order valence-electron chi connectivity index (χ3n) is 5.97. The fourth-order valence-electron chi connectivity index (χ4n) is 3.94. The quantitative estimate of drug-likeness (QED) is 0.0714. The van der Waals surface area contributed by atoms with Crippen molar-refractivity contribution < 1.29 is 28.6 Å². The molecule has 0 fully saturated rings.